The predicted molar refractivity (Wildman–Crippen MR) is 123 cm³/mol. The summed E-state index contributed by atoms with van der Waals surface area (Å²) in [5, 5.41) is 6.02. The Labute approximate surface area is 179 Å². The summed E-state index contributed by atoms with van der Waals surface area (Å²) in [6, 6.07) is 14.2. The molecule has 1 atom stereocenters. The van der Waals surface area contributed by atoms with Crippen molar-refractivity contribution in [3.8, 4) is 0 Å². The van der Waals surface area contributed by atoms with Crippen LogP contribution in [0.4, 0.5) is 11.4 Å². The van der Waals surface area contributed by atoms with Crippen LogP contribution in [0.1, 0.15) is 62.0 Å². The van der Waals surface area contributed by atoms with Gasteiger partial charge in [0.1, 0.15) is 0 Å². The molecule has 1 unspecified atom stereocenters. The molecule has 0 spiro atoms. The highest BCUT2D eigenvalue weighted by molar-refractivity contribution is 6.02. The number of hydrogen-bond acceptors (Lipinski definition) is 3. The van der Waals surface area contributed by atoms with Crippen molar-refractivity contribution in [2.24, 2.45) is 5.92 Å². The van der Waals surface area contributed by atoms with Gasteiger partial charge in [-0.1, -0.05) is 45.0 Å². The van der Waals surface area contributed by atoms with E-state index in [1.165, 1.54) is 11.1 Å². The van der Waals surface area contributed by atoms with Crippen molar-refractivity contribution in [2.75, 3.05) is 16.8 Å². The molecule has 1 aliphatic heterocycles. The van der Waals surface area contributed by atoms with Gasteiger partial charge in [0, 0.05) is 36.9 Å². The van der Waals surface area contributed by atoms with Crippen molar-refractivity contribution < 1.29 is 9.59 Å². The summed E-state index contributed by atoms with van der Waals surface area (Å²) >= 11 is 0. The average molecular weight is 408 g/mol. The fraction of sp³-hybridized carbons (Fsp3) is 0.440. The lowest BCUT2D eigenvalue weighted by molar-refractivity contribution is -0.116. The lowest BCUT2D eigenvalue weighted by atomic mass is 9.98. The van der Waals surface area contributed by atoms with E-state index < -0.39 is 0 Å². The highest BCUT2D eigenvalue weighted by atomic mass is 16.2. The Morgan fingerprint density at radius 1 is 1.07 bits per heavy atom. The van der Waals surface area contributed by atoms with Gasteiger partial charge in [-0.25, -0.2) is 0 Å². The van der Waals surface area contributed by atoms with Crippen molar-refractivity contribution >= 4 is 23.2 Å². The number of fused-ring (bicyclic) bond motifs is 1. The number of rotatable bonds is 7. The number of carbonyl (C=O) groups is 2. The van der Waals surface area contributed by atoms with Crippen molar-refractivity contribution in [1.82, 2.24) is 5.32 Å². The number of hydrogen-bond donors (Lipinski definition) is 2. The molecule has 5 heteroatoms. The monoisotopic (exact) mass is 407 g/mol. The summed E-state index contributed by atoms with van der Waals surface area (Å²) in [5.41, 5.74) is 4.85. The fourth-order valence-electron chi connectivity index (χ4n) is 3.76. The fourth-order valence-corrected chi connectivity index (χ4v) is 3.76. The zero-order valence-corrected chi connectivity index (χ0v) is 18.5. The maximum Gasteiger partial charge on any atom is 0.253 e. The molecule has 2 N–H and O–H groups in total. The van der Waals surface area contributed by atoms with Crippen LogP contribution in [0, 0.1) is 5.92 Å². The molecular formula is C25H33N3O2. The van der Waals surface area contributed by atoms with Crippen LogP contribution >= 0.6 is 0 Å². The van der Waals surface area contributed by atoms with Gasteiger partial charge < -0.3 is 15.5 Å². The zero-order valence-electron chi connectivity index (χ0n) is 18.5. The Kier molecular flexibility index (Phi) is 7.14. The molecule has 2 aromatic rings. The number of nitrogens with one attached hydrogen (secondary N) is 2. The summed E-state index contributed by atoms with van der Waals surface area (Å²) in [4.78, 5) is 27.6. The number of nitrogens with zero attached hydrogens (tertiary/aromatic N) is 1. The molecule has 1 heterocycles. The maximum absolute atomic E-state index is 13.1. The summed E-state index contributed by atoms with van der Waals surface area (Å²) in [6.45, 7) is 9.72. The molecular weight excluding hydrogens is 374 g/mol. The van der Waals surface area contributed by atoms with Gasteiger partial charge in [0.05, 0.1) is 5.56 Å². The van der Waals surface area contributed by atoms with Gasteiger partial charge in [0.15, 0.2) is 0 Å². The van der Waals surface area contributed by atoms with Crippen molar-refractivity contribution in [1.29, 1.82) is 0 Å². The zero-order chi connectivity index (χ0) is 21.7. The van der Waals surface area contributed by atoms with Crippen LogP contribution in [-0.4, -0.2) is 24.4 Å². The van der Waals surface area contributed by atoms with E-state index in [1.807, 2.05) is 39.0 Å². The Hall–Kier alpha value is -2.82. The van der Waals surface area contributed by atoms with Gasteiger partial charge in [-0.05, 0) is 55.0 Å². The second kappa shape index (κ2) is 9.79. The lowest BCUT2D eigenvalue weighted by Crippen LogP contribution is -2.35. The molecule has 2 amide bonds. The van der Waals surface area contributed by atoms with E-state index in [4.69, 9.17) is 0 Å². The topological polar surface area (TPSA) is 61.4 Å². The molecule has 0 fully saturated rings. The van der Waals surface area contributed by atoms with Crippen LogP contribution < -0.4 is 15.5 Å². The van der Waals surface area contributed by atoms with Crippen LogP contribution in [0.15, 0.2) is 42.5 Å². The first-order chi connectivity index (χ1) is 14.4. The molecule has 0 aromatic heterocycles. The van der Waals surface area contributed by atoms with Gasteiger partial charge >= 0.3 is 0 Å². The van der Waals surface area contributed by atoms with E-state index >= 15 is 0 Å². The molecule has 160 valence electrons. The van der Waals surface area contributed by atoms with E-state index in [9.17, 15) is 9.59 Å². The van der Waals surface area contributed by atoms with Gasteiger partial charge in [-0.3, -0.25) is 9.59 Å². The van der Waals surface area contributed by atoms with Gasteiger partial charge in [-0.15, -0.1) is 0 Å². The Balaban J connectivity index is 1.89. The molecule has 1 aliphatic rings. The standard InChI is InChI=1S/C25H33N3O2/c1-5-18(4)26-25(30)22-15-21(27-24(29)14-17(2)3)10-11-23(22)28-13-12-19-8-6-7-9-20(19)16-28/h6-11,15,17-18H,5,12-14,16H2,1-4H3,(H,26,30)(H,27,29). The SMILES string of the molecule is CCC(C)NC(=O)c1cc(NC(=O)CC(C)C)ccc1N1CCc2ccccc2C1. The van der Waals surface area contributed by atoms with Crippen molar-refractivity contribution in [3.63, 3.8) is 0 Å². The van der Waals surface area contributed by atoms with E-state index in [-0.39, 0.29) is 23.8 Å². The third-order valence-electron chi connectivity index (χ3n) is 5.58. The highest BCUT2D eigenvalue weighted by Gasteiger charge is 2.22. The minimum Gasteiger partial charge on any atom is -0.366 e. The van der Waals surface area contributed by atoms with Crippen molar-refractivity contribution in [2.45, 2.75) is 59.5 Å². The van der Waals surface area contributed by atoms with E-state index in [1.54, 1.807) is 0 Å². The van der Waals surface area contributed by atoms with E-state index in [0.29, 0.717) is 17.7 Å². The van der Waals surface area contributed by atoms with Crippen LogP contribution in [0.25, 0.3) is 0 Å². The predicted octanol–water partition coefficient (Wildman–Crippen LogP) is 4.76. The van der Waals surface area contributed by atoms with Gasteiger partial charge in [0.25, 0.3) is 5.91 Å². The molecule has 0 saturated carbocycles. The molecule has 5 nitrogen and oxygen atoms in total. The average Bonchev–Trinajstić information content (AvgIpc) is 2.72. The van der Waals surface area contributed by atoms with Gasteiger partial charge in [0.2, 0.25) is 5.91 Å². The molecule has 2 aromatic carbocycles. The van der Waals surface area contributed by atoms with Crippen LogP contribution in [0.2, 0.25) is 0 Å². The molecule has 30 heavy (non-hydrogen) atoms. The normalized spacial score (nSPS) is 14.2. The van der Waals surface area contributed by atoms with E-state index in [0.717, 1.165) is 31.6 Å². The van der Waals surface area contributed by atoms with Crippen LogP contribution in [0.5, 0.6) is 0 Å². The summed E-state index contributed by atoms with van der Waals surface area (Å²) in [7, 11) is 0. The first-order valence-electron chi connectivity index (χ1n) is 10.9. The minimum absolute atomic E-state index is 0.0297. The number of carbonyl (C=O) groups excluding carboxylic acids is 2. The smallest absolute Gasteiger partial charge is 0.253 e. The second-order valence-corrected chi connectivity index (χ2v) is 8.60. The Bertz CT molecular complexity index is 907. The number of anilines is 2. The quantitative estimate of drug-likeness (QED) is 0.695. The summed E-state index contributed by atoms with van der Waals surface area (Å²) in [5.74, 6) is 0.155. The second-order valence-electron chi connectivity index (χ2n) is 8.60. The Morgan fingerprint density at radius 2 is 1.80 bits per heavy atom. The first kappa shape index (κ1) is 21.9. The Morgan fingerprint density at radius 3 is 2.50 bits per heavy atom. The highest BCUT2D eigenvalue weighted by Crippen LogP contribution is 2.30. The van der Waals surface area contributed by atoms with E-state index in [2.05, 4.69) is 46.7 Å². The maximum atomic E-state index is 13.1. The number of amides is 2. The lowest BCUT2D eigenvalue weighted by Gasteiger charge is -2.32. The molecule has 0 radical (unpaired) electrons. The summed E-state index contributed by atoms with van der Waals surface area (Å²) in [6.07, 6.45) is 2.28. The van der Waals surface area contributed by atoms with Gasteiger partial charge in [-0.2, -0.15) is 0 Å². The largest absolute Gasteiger partial charge is 0.366 e. The van der Waals surface area contributed by atoms with Crippen molar-refractivity contribution in [3.05, 3.63) is 59.2 Å². The first-order valence-corrected chi connectivity index (χ1v) is 10.9. The molecule has 0 bridgehead atoms. The molecule has 0 saturated heterocycles. The third kappa shape index (κ3) is 5.41. The van der Waals surface area contributed by atoms with Crippen LogP contribution in [-0.2, 0) is 17.8 Å². The minimum atomic E-state index is -0.0989. The summed E-state index contributed by atoms with van der Waals surface area (Å²) < 4.78 is 0. The van der Waals surface area contributed by atoms with Crippen LogP contribution in [0.3, 0.4) is 0 Å². The molecule has 3 rings (SSSR count). The third-order valence-corrected chi connectivity index (χ3v) is 5.58. The number of benzene rings is 2. The molecule has 0 aliphatic carbocycles.